The van der Waals surface area contributed by atoms with Crippen molar-refractivity contribution in [3.63, 3.8) is 0 Å². The van der Waals surface area contributed by atoms with Gasteiger partial charge in [-0.3, -0.25) is 0 Å². The van der Waals surface area contributed by atoms with Crippen LogP contribution in [0.5, 0.6) is 0 Å². The monoisotopic (exact) mass is 148 g/mol. The number of benzene rings is 1. The van der Waals surface area contributed by atoms with Gasteiger partial charge in [0.25, 0.3) is 0 Å². The first-order valence-corrected chi connectivity index (χ1v) is 3.38. The topological polar surface area (TPSA) is 21.6 Å². The first-order chi connectivity index (χ1) is 5.43. The molecule has 57 valence electrons. The van der Waals surface area contributed by atoms with Crippen LogP contribution in [-0.4, -0.2) is 13.3 Å². The third kappa shape index (κ3) is 2.85. The van der Waals surface area contributed by atoms with E-state index >= 15 is 0 Å². The SMILES string of the molecule is CON=C[CH]c1ccccc1. The second kappa shape index (κ2) is 4.50. The van der Waals surface area contributed by atoms with Gasteiger partial charge < -0.3 is 4.84 Å². The highest BCUT2D eigenvalue weighted by Gasteiger charge is 1.85. The normalized spacial score (nSPS) is 10.3. The van der Waals surface area contributed by atoms with Gasteiger partial charge in [-0.25, -0.2) is 0 Å². The molecule has 1 aromatic carbocycles. The summed E-state index contributed by atoms with van der Waals surface area (Å²) in [4.78, 5) is 4.50. The van der Waals surface area contributed by atoms with E-state index in [1.807, 2.05) is 36.8 Å². The van der Waals surface area contributed by atoms with Crippen molar-refractivity contribution in [3.8, 4) is 0 Å². The summed E-state index contributed by atoms with van der Waals surface area (Å²) in [6, 6.07) is 9.94. The van der Waals surface area contributed by atoms with E-state index in [9.17, 15) is 0 Å². The smallest absolute Gasteiger partial charge is 0.106 e. The van der Waals surface area contributed by atoms with Crippen LogP contribution in [0.1, 0.15) is 5.56 Å². The van der Waals surface area contributed by atoms with Gasteiger partial charge in [0.05, 0.1) is 6.21 Å². The maximum Gasteiger partial charge on any atom is 0.106 e. The molecule has 0 saturated carbocycles. The van der Waals surface area contributed by atoms with Gasteiger partial charge in [0.15, 0.2) is 0 Å². The largest absolute Gasteiger partial charge is 0.399 e. The summed E-state index contributed by atoms with van der Waals surface area (Å²) in [5, 5.41) is 3.59. The number of hydrogen-bond acceptors (Lipinski definition) is 2. The molecular weight excluding hydrogens is 138 g/mol. The van der Waals surface area contributed by atoms with Crippen molar-refractivity contribution in [2.75, 3.05) is 7.11 Å². The van der Waals surface area contributed by atoms with Crippen molar-refractivity contribution >= 4 is 6.21 Å². The molecule has 0 bridgehead atoms. The molecule has 0 aliphatic carbocycles. The van der Waals surface area contributed by atoms with Gasteiger partial charge in [-0.1, -0.05) is 35.5 Å². The summed E-state index contributed by atoms with van der Waals surface area (Å²) in [5.74, 6) is 0. The van der Waals surface area contributed by atoms with Gasteiger partial charge in [0, 0.05) is 6.42 Å². The minimum absolute atomic E-state index is 1.12. The molecule has 2 heteroatoms. The predicted octanol–water partition coefficient (Wildman–Crippen LogP) is 1.87. The number of oxime groups is 1. The summed E-state index contributed by atoms with van der Waals surface area (Å²) in [5.41, 5.74) is 1.12. The predicted molar refractivity (Wildman–Crippen MR) is 45.3 cm³/mol. The van der Waals surface area contributed by atoms with Gasteiger partial charge in [-0.05, 0) is 5.56 Å². The molecule has 0 fully saturated rings. The zero-order valence-corrected chi connectivity index (χ0v) is 6.40. The molecule has 1 radical (unpaired) electrons. The Balaban J connectivity index is 2.45. The molecule has 0 aliphatic heterocycles. The molecule has 1 rings (SSSR count). The number of hydrogen-bond donors (Lipinski definition) is 0. The van der Waals surface area contributed by atoms with Crippen LogP contribution in [0.2, 0.25) is 0 Å². The summed E-state index contributed by atoms with van der Waals surface area (Å²) in [6.45, 7) is 0. The number of nitrogens with zero attached hydrogens (tertiary/aromatic N) is 1. The Hall–Kier alpha value is -1.31. The van der Waals surface area contributed by atoms with Crippen LogP contribution in [0.15, 0.2) is 35.5 Å². The second-order valence-corrected chi connectivity index (χ2v) is 2.01. The van der Waals surface area contributed by atoms with Gasteiger partial charge >= 0.3 is 0 Å². The Morgan fingerprint density at radius 2 is 2.00 bits per heavy atom. The molecule has 0 atom stereocenters. The van der Waals surface area contributed by atoms with Gasteiger partial charge in [-0.2, -0.15) is 0 Å². The van der Waals surface area contributed by atoms with Crippen LogP contribution >= 0.6 is 0 Å². The lowest BCUT2D eigenvalue weighted by Crippen LogP contribution is -1.81. The van der Waals surface area contributed by atoms with Crippen LogP contribution in [-0.2, 0) is 4.84 Å². The molecule has 0 saturated heterocycles. The van der Waals surface area contributed by atoms with Crippen molar-refractivity contribution in [2.45, 2.75) is 0 Å². The molecule has 1 aromatic rings. The Labute approximate surface area is 66.5 Å². The van der Waals surface area contributed by atoms with Crippen LogP contribution in [0.3, 0.4) is 0 Å². The van der Waals surface area contributed by atoms with Crippen molar-refractivity contribution in [2.24, 2.45) is 5.16 Å². The van der Waals surface area contributed by atoms with E-state index < -0.39 is 0 Å². The molecule has 0 aliphatic rings. The third-order valence-corrected chi connectivity index (χ3v) is 1.23. The third-order valence-electron chi connectivity index (χ3n) is 1.23. The minimum atomic E-state index is 1.12. The van der Waals surface area contributed by atoms with E-state index in [0.717, 1.165) is 5.56 Å². The van der Waals surface area contributed by atoms with E-state index in [1.165, 1.54) is 7.11 Å². The molecular formula is C9H10NO. The Bertz CT molecular complexity index is 218. The van der Waals surface area contributed by atoms with E-state index in [-0.39, 0.29) is 0 Å². The molecule has 0 unspecified atom stereocenters. The number of rotatable bonds is 3. The highest BCUT2D eigenvalue weighted by Crippen LogP contribution is 1.98. The summed E-state index contributed by atoms with van der Waals surface area (Å²) in [7, 11) is 1.52. The summed E-state index contributed by atoms with van der Waals surface area (Å²) in [6.07, 6.45) is 3.50. The molecule has 0 aromatic heterocycles. The standard InChI is InChI=1S/C9H10NO/c1-11-10-8-7-9-5-3-2-4-6-9/h2-8H,1H3. The van der Waals surface area contributed by atoms with E-state index in [4.69, 9.17) is 0 Å². The van der Waals surface area contributed by atoms with Crippen LogP contribution < -0.4 is 0 Å². The quantitative estimate of drug-likeness (QED) is 0.473. The van der Waals surface area contributed by atoms with Crippen molar-refractivity contribution < 1.29 is 4.84 Å². The Morgan fingerprint density at radius 1 is 1.27 bits per heavy atom. The fourth-order valence-corrected chi connectivity index (χ4v) is 0.742. The van der Waals surface area contributed by atoms with Crippen LogP contribution in [0.4, 0.5) is 0 Å². The minimum Gasteiger partial charge on any atom is -0.399 e. The van der Waals surface area contributed by atoms with E-state index in [1.54, 1.807) is 6.21 Å². The van der Waals surface area contributed by atoms with Gasteiger partial charge in [0.2, 0.25) is 0 Å². The van der Waals surface area contributed by atoms with Crippen molar-refractivity contribution in [1.29, 1.82) is 0 Å². The lowest BCUT2D eigenvalue weighted by Gasteiger charge is -1.91. The Morgan fingerprint density at radius 3 is 2.64 bits per heavy atom. The highest BCUT2D eigenvalue weighted by molar-refractivity contribution is 5.72. The molecule has 0 N–H and O–H groups in total. The first kappa shape index (κ1) is 7.79. The molecule has 11 heavy (non-hydrogen) atoms. The van der Waals surface area contributed by atoms with E-state index in [2.05, 4.69) is 9.99 Å². The average molecular weight is 148 g/mol. The maximum absolute atomic E-state index is 4.50. The molecule has 0 amide bonds. The van der Waals surface area contributed by atoms with Gasteiger partial charge in [-0.15, -0.1) is 0 Å². The zero-order chi connectivity index (χ0) is 7.94. The fourth-order valence-electron chi connectivity index (χ4n) is 0.742. The second-order valence-electron chi connectivity index (χ2n) is 2.01. The van der Waals surface area contributed by atoms with Crippen molar-refractivity contribution in [1.82, 2.24) is 0 Å². The fraction of sp³-hybridized carbons (Fsp3) is 0.111. The molecule has 0 spiro atoms. The van der Waals surface area contributed by atoms with Crippen LogP contribution in [0.25, 0.3) is 0 Å². The zero-order valence-electron chi connectivity index (χ0n) is 6.40. The maximum atomic E-state index is 4.50. The average Bonchev–Trinajstić information content (AvgIpc) is 2.07. The van der Waals surface area contributed by atoms with Gasteiger partial charge in [0.1, 0.15) is 7.11 Å². The summed E-state index contributed by atoms with van der Waals surface area (Å²) < 4.78 is 0. The lowest BCUT2D eigenvalue weighted by atomic mass is 10.2. The Kier molecular flexibility index (Phi) is 3.19. The van der Waals surface area contributed by atoms with Crippen molar-refractivity contribution in [3.05, 3.63) is 42.3 Å². The van der Waals surface area contributed by atoms with E-state index in [0.29, 0.717) is 0 Å². The van der Waals surface area contributed by atoms with Crippen LogP contribution in [0, 0.1) is 6.42 Å². The lowest BCUT2D eigenvalue weighted by molar-refractivity contribution is 0.215. The summed E-state index contributed by atoms with van der Waals surface area (Å²) >= 11 is 0. The molecule has 0 heterocycles. The first-order valence-electron chi connectivity index (χ1n) is 3.38. The molecule has 2 nitrogen and oxygen atoms in total. The highest BCUT2D eigenvalue weighted by atomic mass is 16.6.